The number of sulfone groups is 1. The molecule has 0 saturated carbocycles. The molecule has 1 aromatic carbocycles. The molecular weight excluding hydrogens is 270 g/mol. The normalized spacial score (nSPS) is 12.8. The molecule has 0 spiro atoms. The molecule has 0 aliphatic heterocycles. The minimum absolute atomic E-state index is 0.159. The number of hydrogen-bond acceptors (Lipinski definition) is 3. The highest BCUT2D eigenvalue weighted by atomic mass is 32.2. The Balaban J connectivity index is 2.98. The smallest absolute Gasteiger partial charge is 0.201 e. The summed E-state index contributed by atoms with van der Waals surface area (Å²) in [6.07, 6.45) is 2.12. The van der Waals surface area contributed by atoms with Gasteiger partial charge in [-0.25, -0.2) is 8.42 Å². The van der Waals surface area contributed by atoms with Gasteiger partial charge in [-0.15, -0.1) is 0 Å². The maximum Gasteiger partial charge on any atom is 0.201 e. The number of benzene rings is 1. The van der Waals surface area contributed by atoms with Crippen LogP contribution < -0.4 is 5.32 Å². The summed E-state index contributed by atoms with van der Waals surface area (Å²) in [6, 6.07) is 6.96. The average molecular weight is 295 g/mol. The Kier molecular flexibility index (Phi) is 6.27. The Morgan fingerprint density at radius 2 is 1.85 bits per heavy atom. The molecule has 0 atom stereocenters. The molecule has 0 fully saturated rings. The molecule has 1 N–H and O–H groups in total. The van der Waals surface area contributed by atoms with Crippen molar-refractivity contribution >= 4 is 9.84 Å². The van der Waals surface area contributed by atoms with E-state index in [2.05, 4.69) is 12.2 Å². The summed E-state index contributed by atoms with van der Waals surface area (Å²) in [4.78, 5) is 0.346. The molecule has 0 unspecified atom stereocenters. The third kappa shape index (κ3) is 5.00. The Hall–Kier alpha value is -1.29. The van der Waals surface area contributed by atoms with Gasteiger partial charge in [0, 0.05) is 12.2 Å². The summed E-state index contributed by atoms with van der Waals surface area (Å²) >= 11 is 0. The van der Waals surface area contributed by atoms with E-state index in [1.165, 1.54) is 5.41 Å². The van der Waals surface area contributed by atoms with Gasteiger partial charge < -0.3 is 5.32 Å². The van der Waals surface area contributed by atoms with Crippen molar-refractivity contribution in [3.05, 3.63) is 40.9 Å². The van der Waals surface area contributed by atoms with E-state index >= 15 is 0 Å². The number of aryl methyl sites for hydroxylation is 1. The fourth-order valence-corrected chi connectivity index (χ4v) is 3.10. The number of rotatable bonds is 7. The molecular formula is C16H25NO2S. The summed E-state index contributed by atoms with van der Waals surface area (Å²) in [5.74, 6) is 0.159. The molecule has 0 aromatic heterocycles. The van der Waals surface area contributed by atoms with Crippen molar-refractivity contribution in [2.75, 3.05) is 6.54 Å². The second-order valence-electron chi connectivity index (χ2n) is 5.37. The van der Waals surface area contributed by atoms with Gasteiger partial charge in [-0.2, -0.15) is 0 Å². The SMILES string of the molecule is CCCCN/C(=C\S(=O)(=O)c1ccc(C)cc1)C(C)C. The highest BCUT2D eigenvalue weighted by molar-refractivity contribution is 7.94. The number of hydrogen-bond donors (Lipinski definition) is 1. The van der Waals surface area contributed by atoms with Gasteiger partial charge in [0.1, 0.15) is 0 Å². The second-order valence-corrected chi connectivity index (χ2v) is 7.16. The summed E-state index contributed by atoms with van der Waals surface area (Å²) in [5, 5.41) is 4.61. The topological polar surface area (TPSA) is 46.2 Å². The van der Waals surface area contributed by atoms with E-state index in [-0.39, 0.29) is 5.92 Å². The number of unbranched alkanes of at least 4 members (excludes halogenated alkanes) is 1. The van der Waals surface area contributed by atoms with Crippen LogP contribution in [0.15, 0.2) is 40.3 Å². The lowest BCUT2D eigenvalue weighted by atomic mass is 10.1. The molecule has 4 heteroatoms. The van der Waals surface area contributed by atoms with Crippen LogP contribution in [0, 0.1) is 12.8 Å². The fraction of sp³-hybridized carbons (Fsp3) is 0.500. The highest BCUT2D eigenvalue weighted by Crippen LogP contribution is 2.17. The first kappa shape index (κ1) is 16.8. The Labute approximate surface area is 123 Å². The molecule has 20 heavy (non-hydrogen) atoms. The van der Waals surface area contributed by atoms with Crippen LogP contribution in [0.1, 0.15) is 39.2 Å². The lowest BCUT2D eigenvalue weighted by Crippen LogP contribution is -2.20. The fourth-order valence-electron chi connectivity index (χ4n) is 1.75. The van der Waals surface area contributed by atoms with Gasteiger partial charge in [0.05, 0.1) is 10.3 Å². The van der Waals surface area contributed by atoms with E-state index < -0.39 is 9.84 Å². The zero-order chi connectivity index (χ0) is 15.2. The van der Waals surface area contributed by atoms with E-state index in [1.54, 1.807) is 12.1 Å². The molecule has 0 saturated heterocycles. The van der Waals surface area contributed by atoms with Gasteiger partial charge in [0.2, 0.25) is 9.84 Å². The largest absolute Gasteiger partial charge is 0.388 e. The van der Waals surface area contributed by atoms with Gasteiger partial charge in [-0.1, -0.05) is 44.9 Å². The molecule has 0 heterocycles. The molecule has 0 aliphatic rings. The minimum atomic E-state index is -3.38. The lowest BCUT2D eigenvalue weighted by molar-refractivity contribution is 0.598. The molecule has 0 aliphatic carbocycles. The molecule has 3 nitrogen and oxygen atoms in total. The lowest BCUT2D eigenvalue weighted by Gasteiger charge is -2.14. The zero-order valence-corrected chi connectivity index (χ0v) is 13.6. The third-order valence-corrected chi connectivity index (χ3v) is 4.61. The van der Waals surface area contributed by atoms with E-state index in [1.807, 2.05) is 32.9 Å². The average Bonchev–Trinajstić information content (AvgIpc) is 2.38. The van der Waals surface area contributed by atoms with E-state index in [0.29, 0.717) is 4.90 Å². The van der Waals surface area contributed by atoms with Gasteiger partial charge in [-0.05, 0) is 31.4 Å². The van der Waals surface area contributed by atoms with Crippen molar-refractivity contribution in [1.82, 2.24) is 5.32 Å². The summed E-state index contributed by atoms with van der Waals surface area (Å²) in [5.41, 5.74) is 1.83. The monoisotopic (exact) mass is 295 g/mol. The molecule has 1 rings (SSSR count). The quantitative estimate of drug-likeness (QED) is 0.781. The van der Waals surface area contributed by atoms with Crippen LogP contribution in [0.5, 0.6) is 0 Å². The first-order valence-electron chi connectivity index (χ1n) is 7.14. The van der Waals surface area contributed by atoms with Crippen LogP contribution in [-0.4, -0.2) is 15.0 Å². The maximum absolute atomic E-state index is 12.4. The van der Waals surface area contributed by atoms with E-state index in [4.69, 9.17) is 0 Å². The van der Waals surface area contributed by atoms with Crippen molar-refractivity contribution in [2.45, 2.75) is 45.4 Å². The Morgan fingerprint density at radius 3 is 2.35 bits per heavy atom. The van der Waals surface area contributed by atoms with E-state index in [0.717, 1.165) is 30.6 Å². The van der Waals surface area contributed by atoms with Crippen molar-refractivity contribution < 1.29 is 8.42 Å². The predicted molar refractivity (Wildman–Crippen MR) is 84.2 cm³/mol. The molecule has 112 valence electrons. The summed E-state index contributed by atoms with van der Waals surface area (Å²) in [7, 11) is -3.38. The van der Waals surface area contributed by atoms with Crippen LogP contribution >= 0.6 is 0 Å². The van der Waals surface area contributed by atoms with Crippen molar-refractivity contribution in [3.8, 4) is 0 Å². The van der Waals surface area contributed by atoms with Gasteiger partial charge in [0.15, 0.2) is 0 Å². The predicted octanol–water partition coefficient (Wildman–Crippen LogP) is 3.66. The summed E-state index contributed by atoms with van der Waals surface area (Å²) < 4.78 is 24.7. The summed E-state index contributed by atoms with van der Waals surface area (Å²) in [6.45, 7) is 8.86. The van der Waals surface area contributed by atoms with Crippen molar-refractivity contribution in [1.29, 1.82) is 0 Å². The maximum atomic E-state index is 12.4. The molecule has 0 bridgehead atoms. The number of allylic oxidation sites excluding steroid dienone is 1. The van der Waals surface area contributed by atoms with Crippen LogP contribution in [-0.2, 0) is 9.84 Å². The van der Waals surface area contributed by atoms with Crippen molar-refractivity contribution in [2.24, 2.45) is 5.92 Å². The first-order chi connectivity index (χ1) is 9.36. The van der Waals surface area contributed by atoms with Gasteiger partial charge in [0.25, 0.3) is 0 Å². The van der Waals surface area contributed by atoms with Gasteiger partial charge >= 0.3 is 0 Å². The van der Waals surface area contributed by atoms with Gasteiger partial charge in [-0.3, -0.25) is 0 Å². The van der Waals surface area contributed by atoms with E-state index in [9.17, 15) is 8.42 Å². The zero-order valence-electron chi connectivity index (χ0n) is 12.8. The first-order valence-corrected chi connectivity index (χ1v) is 8.68. The standard InChI is InChI=1S/C16H25NO2S/c1-5-6-11-17-16(13(2)3)12-20(18,19)15-9-7-14(4)8-10-15/h7-10,12-13,17H,5-6,11H2,1-4H3/b16-12-. The van der Waals surface area contributed by atoms with Crippen LogP contribution in [0.25, 0.3) is 0 Å². The minimum Gasteiger partial charge on any atom is -0.388 e. The highest BCUT2D eigenvalue weighted by Gasteiger charge is 2.14. The van der Waals surface area contributed by atoms with Crippen molar-refractivity contribution in [3.63, 3.8) is 0 Å². The Bertz CT molecular complexity index is 542. The third-order valence-electron chi connectivity index (χ3n) is 3.11. The van der Waals surface area contributed by atoms with Crippen LogP contribution in [0.2, 0.25) is 0 Å². The second kappa shape index (κ2) is 7.48. The number of nitrogens with one attached hydrogen (secondary N) is 1. The molecule has 0 radical (unpaired) electrons. The molecule has 0 amide bonds. The van der Waals surface area contributed by atoms with Crippen LogP contribution in [0.4, 0.5) is 0 Å². The molecule has 1 aromatic rings. The van der Waals surface area contributed by atoms with Crippen LogP contribution in [0.3, 0.4) is 0 Å². The Morgan fingerprint density at radius 1 is 1.25 bits per heavy atom.